The van der Waals surface area contributed by atoms with Gasteiger partial charge in [-0.2, -0.15) is 0 Å². The molecule has 0 unspecified atom stereocenters. The number of halogens is 2. The molecule has 2 rings (SSSR count). The third kappa shape index (κ3) is 2.29. The summed E-state index contributed by atoms with van der Waals surface area (Å²) < 4.78 is 27.1. The minimum absolute atomic E-state index is 0.0903. The molecular formula is C11H9F2N3O2. The Morgan fingerprint density at radius 3 is 2.56 bits per heavy atom. The van der Waals surface area contributed by atoms with Crippen LogP contribution in [0.2, 0.25) is 0 Å². The van der Waals surface area contributed by atoms with Gasteiger partial charge >= 0.3 is 5.69 Å². The van der Waals surface area contributed by atoms with E-state index in [2.05, 4.69) is 0 Å². The number of nitrogens with one attached hydrogen (secondary N) is 1. The molecule has 0 spiro atoms. The maximum Gasteiger partial charge on any atom is 0.330 e. The lowest BCUT2D eigenvalue weighted by molar-refractivity contribution is 0.564. The van der Waals surface area contributed by atoms with E-state index in [0.29, 0.717) is 6.07 Å². The molecular weight excluding hydrogens is 244 g/mol. The molecule has 0 atom stereocenters. The molecule has 2 aromatic rings. The van der Waals surface area contributed by atoms with Crippen LogP contribution in [0, 0.1) is 11.6 Å². The van der Waals surface area contributed by atoms with Crippen molar-refractivity contribution in [1.82, 2.24) is 9.55 Å². The van der Waals surface area contributed by atoms with Gasteiger partial charge in [0.05, 0.1) is 6.54 Å². The fourth-order valence-electron chi connectivity index (χ4n) is 1.52. The summed E-state index contributed by atoms with van der Waals surface area (Å²) in [7, 11) is 0. The minimum Gasteiger partial charge on any atom is -0.385 e. The van der Waals surface area contributed by atoms with Crippen LogP contribution in [0.15, 0.2) is 33.9 Å². The summed E-state index contributed by atoms with van der Waals surface area (Å²) in [5.74, 6) is -1.59. The van der Waals surface area contributed by atoms with E-state index in [4.69, 9.17) is 5.73 Å². The number of aromatic amines is 1. The number of hydrogen-bond donors (Lipinski definition) is 2. The molecule has 1 aromatic heterocycles. The first-order valence-corrected chi connectivity index (χ1v) is 5.01. The average Bonchev–Trinajstić information content (AvgIpc) is 2.25. The number of H-pyrrole nitrogens is 1. The lowest BCUT2D eigenvalue weighted by Gasteiger charge is -2.09. The van der Waals surface area contributed by atoms with E-state index in [1.165, 1.54) is 6.07 Å². The Bertz CT molecular complexity index is 706. The Hall–Kier alpha value is -2.44. The van der Waals surface area contributed by atoms with Crippen LogP contribution in [0.5, 0.6) is 0 Å². The van der Waals surface area contributed by atoms with Gasteiger partial charge < -0.3 is 5.73 Å². The van der Waals surface area contributed by atoms with Gasteiger partial charge in [0.15, 0.2) is 0 Å². The number of anilines is 1. The van der Waals surface area contributed by atoms with Crippen LogP contribution in [0.3, 0.4) is 0 Å². The van der Waals surface area contributed by atoms with E-state index in [1.54, 1.807) is 0 Å². The molecule has 0 aliphatic rings. The van der Waals surface area contributed by atoms with Gasteiger partial charge in [-0.05, 0) is 6.07 Å². The Kier molecular flexibility index (Phi) is 2.97. The van der Waals surface area contributed by atoms with Crippen molar-refractivity contribution in [3.05, 3.63) is 62.3 Å². The third-order valence-corrected chi connectivity index (χ3v) is 2.41. The topological polar surface area (TPSA) is 80.9 Å². The summed E-state index contributed by atoms with van der Waals surface area (Å²) in [6, 6.07) is 4.01. The Morgan fingerprint density at radius 2 is 1.94 bits per heavy atom. The standard InChI is InChI=1S/C11H9F2N3O2/c12-7-2-1-6(8(13)3-7)5-16-9(14)4-10(17)15-11(16)18/h1-4H,5,14H2,(H,15,17,18). The van der Waals surface area contributed by atoms with Crippen molar-refractivity contribution < 1.29 is 8.78 Å². The van der Waals surface area contributed by atoms with Crippen LogP contribution in [-0.2, 0) is 6.54 Å². The normalized spacial score (nSPS) is 10.6. The number of hydrogen-bond acceptors (Lipinski definition) is 3. The summed E-state index contributed by atoms with van der Waals surface area (Å²) >= 11 is 0. The summed E-state index contributed by atoms with van der Waals surface area (Å²) in [5.41, 5.74) is 4.21. The first kappa shape index (κ1) is 12.0. The van der Waals surface area contributed by atoms with Gasteiger partial charge in [-0.25, -0.2) is 13.6 Å². The van der Waals surface area contributed by atoms with Crippen molar-refractivity contribution in [2.45, 2.75) is 6.54 Å². The molecule has 0 aliphatic heterocycles. The molecule has 7 heteroatoms. The molecule has 0 fully saturated rings. The highest BCUT2D eigenvalue weighted by Gasteiger charge is 2.08. The fourth-order valence-corrected chi connectivity index (χ4v) is 1.52. The van der Waals surface area contributed by atoms with E-state index in [9.17, 15) is 18.4 Å². The van der Waals surface area contributed by atoms with Gasteiger partial charge in [-0.3, -0.25) is 14.3 Å². The molecule has 0 saturated heterocycles. The van der Waals surface area contributed by atoms with Crippen LogP contribution in [0.1, 0.15) is 5.56 Å². The smallest absolute Gasteiger partial charge is 0.330 e. The fraction of sp³-hybridized carbons (Fsp3) is 0.0909. The largest absolute Gasteiger partial charge is 0.385 e. The van der Waals surface area contributed by atoms with Crippen molar-refractivity contribution >= 4 is 5.82 Å². The number of nitrogens with zero attached hydrogens (tertiary/aromatic N) is 1. The Morgan fingerprint density at radius 1 is 1.22 bits per heavy atom. The molecule has 0 saturated carbocycles. The highest BCUT2D eigenvalue weighted by molar-refractivity contribution is 5.28. The first-order valence-electron chi connectivity index (χ1n) is 5.01. The number of benzene rings is 1. The summed E-state index contributed by atoms with van der Waals surface area (Å²) in [4.78, 5) is 24.4. The maximum atomic E-state index is 13.4. The zero-order chi connectivity index (χ0) is 13.3. The van der Waals surface area contributed by atoms with Crippen LogP contribution in [0.25, 0.3) is 0 Å². The van der Waals surface area contributed by atoms with Gasteiger partial charge in [0.2, 0.25) is 0 Å². The molecule has 0 amide bonds. The first-order chi connectivity index (χ1) is 8.47. The predicted molar refractivity (Wildman–Crippen MR) is 61.2 cm³/mol. The lowest BCUT2D eigenvalue weighted by Crippen LogP contribution is -2.31. The molecule has 18 heavy (non-hydrogen) atoms. The van der Waals surface area contributed by atoms with E-state index in [-0.39, 0.29) is 17.9 Å². The van der Waals surface area contributed by atoms with E-state index >= 15 is 0 Å². The van der Waals surface area contributed by atoms with E-state index < -0.39 is 22.9 Å². The van der Waals surface area contributed by atoms with E-state index in [0.717, 1.165) is 16.7 Å². The Balaban J connectivity index is 2.46. The average molecular weight is 253 g/mol. The summed E-state index contributed by atoms with van der Waals surface area (Å²) in [5, 5.41) is 0. The van der Waals surface area contributed by atoms with Gasteiger partial charge in [0, 0.05) is 17.7 Å². The molecule has 94 valence electrons. The van der Waals surface area contributed by atoms with Crippen LogP contribution in [-0.4, -0.2) is 9.55 Å². The Labute approximate surface area is 99.5 Å². The molecule has 5 nitrogen and oxygen atoms in total. The van der Waals surface area contributed by atoms with Gasteiger partial charge in [-0.1, -0.05) is 6.07 Å². The predicted octanol–water partition coefficient (Wildman–Crippen LogP) is 0.445. The van der Waals surface area contributed by atoms with Crippen molar-refractivity contribution in [2.75, 3.05) is 5.73 Å². The van der Waals surface area contributed by atoms with E-state index in [1.807, 2.05) is 4.98 Å². The molecule has 0 bridgehead atoms. The number of rotatable bonds is 2. The highest BCUT2D eigenvalue weighted by atomic mass is 19.1. The van der Waals surface area contributed by atoms with Crippen LogP contribution in [0.4, 0.5) is 14.6 Å². The second-order valence-corrected chi connectivity index (χ2v) is 3.69. The van der Waals surface area contributed by atoms with Crippen molar-refractivity contribution in [1.29, 1.82) is 0 Å². The van der Waals surface area contributed by atoms with Gasteiger partial charge in [0.1, 0.15) is 17.5 Å². The lowest BCUT2D eigenvalue weighted by atomic mass is 10.2. The van der Waals surface area contributed by atoms with Crippen LogP contribution >= 0.6 is 0 Å². The maximum absolute atomic E-state index is 13.4. The second-order valence-electron chi connectivity index (χ2n) is 3.69. The molecule has 1 aromatic carbocycles. The second kappa shape index (κ2) is 4.44. The third-order valence-electron chi connectivity index (χ3n) is 2.41. The minimum atomic E-state index is -0.785. The molecule has 0 aliphatic carbocycles. The summed E-state index contributed by atoms with van der Waals surface area (Å²) in [6.07, 6.45) is 0. The van der Waals surface area contributed by atoms with Crippen molar-refractivity contribution in [3.8, 4) is 0 Å². The number of nitrogen functional groups attached to an aromatic ring is 1. The highest BCUT2D eigenvalue weighted by Crippen LogP contribution is 2.11. The quantitative estimate of drug-likeness (QED) is 0.815. The van der Waals surface area contributed by atoms with Crippen molar-refractivity contribution in [2.24, 2.45) is 0 Å². The number of nitrogens with two attached hydrogens (primary N) is 1. The summed E-state index contributed by atoms with van der Waals surface area (Å²) in [6.45, 7) is -0.187. The van der Waals surface area contributed by atoms with Crippen molar-refractivity contribution in [3.63, 3.8) is 0 Å². The molecule has 0 radical (unpaired) electrons. The van der Waals surface area contributed by atoms with Gasteiger partial charge in [-0.15, -0.1) is 0 Å². The SMILES string of the molecule is Nc1cc(=O)[nH]c(=O)n1Cc1ccc(F)cc1F. The van der Waals surface area contributed by atoms with Gasteiger partial charge in [0.25, 0.3) is 5.56 Å². The molecule has 3 N–H and O–H groups in total. The zero-order valence-corrected chi connectivity index (χ0v) is 9.11. The van der Waals surface area contributed by atoms with Crippen LogP contribution < -0.4 is 17.0 Å². The zero-order valence-electron chi connectivity index (χ0n) is 9.11. The number of aromatic nitrogens is 2. The monoisotopic (exact) mass is 253 g/mol. The molecule has 1 heterocycles.